The highest BCUT2D eigenvalue weighted by Gasteiger charge is 2.16. The molecule has 1 aromatic rings. The molecule has 1 atom stereocenters. The maximum Gasteiger partial charge on any atom is 0.242 e. The van der Waals surface area contributed by atoms with Gasteiger partial charge in [-0.1, -0.05) is 0 Å². The van der Waals surface area contributed by atoms with Crippen LogP contribution in [-0.2, 0) is 17.1 Å². The van der Waals surface area contributed by atoms with E-state index in [4.69, 9.17) is 5.73 Å². The van der Waals surface area contributed by atoms with Gasteiger partial charge in [0.15, 0.2) is 0 Å². The topological polar surface area (TPSA) is 77.1 Å². The van der Waals surface area contributed by atoms with E-state index in [0.717, 1.165) is 0 Å². The summed E-state index contributed by atoms with van der Waals surface area (Å²) >= 11 is 0. The molecule has 0 amide bonds. The van der Waals surface area contributed by atoms with Gasteiger partial charge in [0.25, 0.3) is 0 Å². The summed E-state index contributed by atoms with van der Waals surface area (Å²) in [4.78, 5) is 0.264. The predicted octanol–water partition coefficient (Wildman–Crippen LogP) is -0.349. The number of rotatable bonds is 4. The van der Waals surface area contributed by atoms with Gasteiger partial charge in [0.1, 0.15) is 0 Å². The van der Waals surface area contributed by atoms with Crippen LogP contribution >= 0.6 is 0 Å². The fraction of sp³-hybridized carbons (Fsp3) is 0.500. The number of nitrogens with zero attached hydrogens (tertiary/aromatic N) is 1. The Balaban J connectivity index is 2.86. The lowest BCUT2D eigenvalue weighted by atomic mass is 10.4. The van der Waals surface area contributed by atoms with E-state index in [9.17, 15) is 8.42 Å². The third kappa shape index (κ3) is 2.57. The summed E-state index contributed by atoms with van der Waals surface area (Å²) in [7, 11) is -1.63. The lowest BCUT2D eigenvalue weighted by molar-refractivity contribution is 0.562. The predicted molar refractivity (Wildman–Crippen MR) is 54.3 cm³/mol. The van der Waals surface area contributed by atoms with Crippen molar-refractivity contribution in [2.45, 2.75) is 17.9 Å². The number of hydrogen-bond donors (Lipinski definition) is 2. The molecule has 0 aliphatic rings. The van der Waals surface area contributed by atoms with Gasteiger partial charge in [-0.25, -0.2) is 13.1 Å². The Labute approximate surface area is 84.0 Å². The Morgan fingerprint density at radius 2 is 2.29 bits per heavy atom. The standard InChI is InChI=1S/C8H15N3O2S/c1-7(5-9)10-14(12,13)8-3-4-11(2)6-8/h3-4,6-7,10H,5,9H2,1-2H3/t7-/m1/s1. The molecule has 14 heavy (non-hydrogen) atoms. The Morgan fingerprint density at radius 3 is 2.71 bits per heavy atom. The van der Waals surface area contributed by atoms with Crippen LogP contribution in [0.25, 0.3) is 0 Å². The minimum Gasteiger partial charge on any atom is -0.356 e. The number of aryl methyl sites for hydroxylation is 1. The number of nitrogens with one attached hydrogen (secondary N) is 1. The van der Waals surface area contributed by atoms with E-state index < -0.39 is 10.0 Å². The maximum atomic E-state index is 11.6. The van der Waals surface area contributed by atoms with E-state index in [1.54, 1.807) is 37.0 Å². The minimum absolute atomic E-state index is 0.250. The second-order valence-electron chi connectivity index (χ2n) is 3.27. The summed E-state index contributed by atoms with van der Waals surface area (Å²) in [5.41, 5.74) is 5.33. The minimum atomic E-state index is -3.40. The van der Waals surface area contributed by atoms with Crippen LogP contribution in [0.5, 0.6) is 0 Å². The van der Waals surface area contributed by atoms with Crippen molar-refractivity contribution in [2.75, 3.05) is 6.54 Å². The molecule has 6 heteroatoms. The fourth-order valence-corrected chi connectivity index (χ4v) is 2.32. The summed E-state index contributed by atoms with van der Waals surface area (Å²) in [6.07, 6.45) is 3.23. The molecule has 80 valence electrons. The molecular weight excluding hydrogens is 202 g/mol. The molecule has 0 aliphatic carbocycles. The highest BCUT2D eigenvalue weighted by atomic mass is 32.2. The van der Waals surface area contributed by atoms with E-state index in [-0.39, 0.29) is 17.5 Å². The molecule has 0 aromatic carbocycles. The summed E-state index contributed by atoms with van der Waals surface area (Å²) in [6, 6.07) is 1.30. The Kier molecular flexibility index (Phi) is 3.30. The maximum absolute atomic E-state index is 11.6. The zero-order chi connectivity index (χ0) is 10.8. The van der Waals surface area contributed by atoms with Gasteiger partial charge in [0, 0.05) is 32.0 Å². The largest absolute Gasteiger partial charge is 0.356 e. The van der Waals surface area contributed by atoms with Crippen molar-refractivity contribution in [1.82, 2.24) is 9.29 Å². The van der Waals surface area contributed by atoms with Crippen LogP contribution in [0, 0.1) is 0 Å². The molecular formula is C8H15N3O2S. The molecule has 0 radical (unpaired) electrons. The van der Waals surface area contributed by atoms with Crippen molar-refractivity contribution in [1.29, 1.82) is 0 Å². The lowest BCUT2D eigenvalue weighted by Gasteiger charge is -2.10. The van der Waals surface area contributed by atoms with Gasteiger partial charge in [-0.05, 0) is 13.0 Å². The zero-order valence-corrected chi connectivity index (χ0v) is 9.08. The summed E-state index contributed by atoms with van der Waals surface area (Å²) in [5, 5.41) is 0. The van der Waals surface area contributed by atoms with Gasteiger partial charge < -0.3 is 10.3 Å². The Hall–Kier alpha value is -0.850. The monoisotopic (exact) mass is 217 g/mol. The molecule has 5 nitrogen and oxygen atoms in total. The molecule has 1 aromatic heterocycles. The van der Waals surface area contributed by atoms with Crippen LogP contribution in [0.1, 0.15) is 6.92 Å². The Morgan fingerprint density at radius 1 is 1.64 bits per heavy atom. The molecule has 1 heterocycles. The average molecular weight is 217 g/mol. The lowest BCUT2D eigenvalue weighted by Crippen LogP contribution is -2.37. The first-order valence-electron chi connectivity index (χ1n) is 4.30. The van der Waals surface area contributed by atoms with Crippen LogP contribution in [0.2, 0.25) is 0 Å². The first-order chi connectivity index (χ1) is 6.45. The number of aromatic nitrogens is 1. The molecule has 0 bridgehead atoms. The normalized spacial score (nSPS) is 14.2. The van der Waals surface area contributed by atoms with Crippen molar-refractivity contribution >= 4 is 10.0 Å². The average Bonchev–Trinajstić information content (AvgIpc) is 2.51. The van der Waals surface area contributed by atoms with E-state index in [1.807, 2.05) is 0 Å². The van der Waals surface area contributed by atoms with Crippen LogP contribution in [0.15, 0.2) is 23.4 Å². The number of hydrogen-bond acceptors (Lipinski definition) is 3. The SMILES string of the molecule is C[C@H](CN)NS(=O)(=O)c1ccn(C)c1. The van der Waals surface area contributed by atoms with Crippen LogP contribution in [0.4, 0.5) is 0 Å². The molecule has 0 saturated carbocycles. The van der Waals surface area contributed by atoms with Crippen LogP contribution in [0.3, 0.4) is 0 Å². The van der Waals surface area contributed by atoms with Crippen molar-refractivity contribution in [2.24, 2.45) is 12.8 Å². The van der Waals surface area contributed by atoms with Crippen LogP contribution < -0.4 is 10.5 Å². The molecule has 0 aliphatic heterocycles. The summed E-state index contributed by atoms with van der Waals surface area (Å²) in [5.74, 6) is 0. The third-order valence-electron chi connectivity index (χ3n) is 1.83. The second-order valence-corrected chi connectivity index (χ2v) is 4.98. The van der Waals surface area contributed by atoms with Gasteiger partial charge in [0.05, 0.1) is 4.90 Å². The van der Waals surface area contributed by atoms with Crippen molar-refractivity contribution in [3.8, 4) is 0 Å². The van der Waals surface area contributed by atoms with E-state index >= 15 is 0 Å². The summed E-state index contributed by atoms with van der Waals surface area (Å²) in [6.45, 7) is 2.01. The van der Waals surface area contributed by atoms with E-state index in [2.05, 4.69) is 4.72 Å². The molecule has 1 rings (SSSR count). The molecule has 0 spiro atoms. The molecule has 0 saturated heterocycles. The fourth-order valence-electron chi connectivity index (χ4n) is 1.02. The van der Waals surface area contributed by atoms with Gasteiger partial charge in [-0.2, -0.15) is 0 Å². The second kappa shape index (κ2) is 4.12. The highest BCUT2D eigenvalue weighted by Crippen LogP contribution is 2.08. The highest BCUT2D eigenvalue weighted by molar-refractivity contribution is 7.89. The van der Waals surface area contributed by atoms with Crippen LogP contribution in [-0.4, -0.2) is 25.6 Å². The zero-order valence-electron chi connectivity index (χ0n) is 8.27. The number of sulfonamides is 1. The van der Waals surface area contributed by atoms with Crippen molar-refractivity contribution < 1.29 is 8.42 Å². The van der Waals surface area contributed by atoms with Gasteiger partial charge >= 0.3 is 0 Å². The molecule has 0 fully saturated rings. The van der Waals surface area contributed by atoms with E-state index in [1.165, 1.54) is 0 Å². The van der Waals surface area contributed by atoms with Gasteiger partial charge in [-0.15, -0.1) is 0 Å². The van der Waals surface area contributed by atoms with Gasteiger partial charge in [-0.3, -0.25) is 0 Å². The number of nitrogens with two attached hydrogens (primary N) is 1. The van der Waals surface area contributed by atoms with Crippen molar-refractivity contribution in [3.05, 3.63) is 18.5 Å². The molecule has 3 N–H and O–H groups in total. The summed E-state index contributed by atoms with van der Waals surface area (Å²) < 4.78 is 27.4. The quantitative estimate of drug-likeness (QED) is 0.723. The van der Waals surface area contributed by atoms with E-state index in [0.29, 0.717) is 0 Å². The smallest absolute Gasteiger partial charge is 0.242 e. The third-order valence-corrected chi connectivity index (χ3v) is 3.40. The first kappa shape index (κ1) is 11.2. The first-order valence-corrected chi connectivity index (χ1v) is 5.78. The van der Waals surface area contributed by atoms with Crippen molar-refractivity contribution in [3.63, 3.8) is 0 Å². The Bertz CT molecular complexity index is 396. The van der Waals surface area contributed by atoms with Gasteiger partial charge in [0.2, 0.25) is 10.0 Å². The molecule has 0 unspecified atom stereocenters.